The highest BCUT2D eigenvalue weighted by Crippen LogP contribution is 2.46. The molecule has 2 heterocycles. The van der Waals surface area contributed by atoms with Crippen molar-refractivity contribution < 1.29 is 15.3 Å². The zero-order valence-corrected chi connectivity index (χ0v) is 12.1. The van der Waals surface area contributed by atoms with Crippen molar-refractivity contribution in [3.8, 4) is 0 Å². The van der Waals surface area contributed by atoms with Crippen LogP contribution in [-0.4, -0.2) is 53.2 Å². The van der Waals surface area contributed by atoms with Crippen LogP contribution in [0.4, 0.5) is 5.95 Å². The van der Waals surface area contributed by atoms with Crippen molar-refractivity contribution in [1.29, 1.82) is 0 Å². The number of nitrogens with zero attached hydrogens (tertiary/aromatic N) is 3. The molecule has 0 saturated heterocycles. The predicted molar refractivity (Wildman–Crippen MR) is 80.4 cm³/mol. The summed E-state index contributed by atoms with van der Waals surface area (Å²) in [5.41, 5.74) is 6.22. The fourth-order valence-corrected chi connectivity index (χ4v) is 3.77. The second kappa shape index (κ2) is 4.88. The van der Waals surface area contributed by atoms with E-state index in [2.05, 4.69) is 15.0 Å². The molecular formula is C14H17N5O4. The monoisotopic (exact) mass is 319 g/mol. The summed E-state index contributed by atoms with van der Waals surface area (Å²) in [6, 6.07) is -0.636. The van der Waals surface area contributed by atoms with Gasteiger partial charge in [0.15, 0.2) is 11.2 Å². The molecule has 0 aromatic carbocycles. The summed E-state index contributed by atoms with van der Waals surface area (Å²) in [6.07, 6.45) is 1.60. The number of hydrogen-bond donors (Lipinski definition) is 5. The molecule has 1 fully saturated rings. The van der Waals surface area contributed by atoms with Crippen LogP contribution in [-0.2, 0) is 0 Å². The third-order valence-corrected chi connectivity index (χ3v) is 4.78. The number of nitrogens with two attached hydrogens (primary N) is 1. The number of rotatable bonds is 1. The van der Waals surface area contributed by atoms with Gasteiger partial charge in [0, 0.05) is 5.92 Å². The molecule has 6 N–H and O–H groups in total. The summed E-state index contributed by atoms with van der Waals surface area (Å²) in [4.78, 5) is 22.4. The number of aliphatic hydroxyl groups excluding tert-OH is 3. The van der Waals surface area contributed by atoms with E-state index in [1.165, 1.54) is 6.33 Å². The molecule has 2 aromatic heterocycles. The largest absolute Gasteiger partial charge is 0.392 e. The molecule has 2 aliphatic carbocycles. The van der Waals surface area contributed by atoms with Crippen LogP contribution in [0.2, 0.25) is 0 Å². The maximum Gasteiger partial charge on any atom is 0.280 e. The van der Waals surface area contributed by atoms with Crippen LogP contribution in [0.1, 0.15) is 18.9 Å². The number of nitrogens with one attached hydrogen (secondary N) is 1. The number of allylic oxidation sites excluding steroid dienone is 1. The molecule has 122 valence electrons. The predicted octanol–water partition coefficient (Wildman–Crippen LogP) is -1.32. The van der Waals surface area contributed by atoms with Gasteiger partial charge >= 0.3 is 0 Å². The topological polar surface area (TPSA) is 150 Å². The van der Waals surface area contributed by atoms with Crippen LogP contribution < -0.4 is 11.3 Å². The minimum Gasteiger partial charge on any atom is -0.392 e. The Morgan fingerprint density at radius 1 is 1.30 bits per heavy atom. The van der Waals surface area contributed by atoms with Crippen molar-refractivity contribution in [1.82, 2.24) is 19.5 Å². The fourth-order valence-electron chi connectivity index (χ4n) is 3.77. The Hall–Kier alpha value is -2.23. The van der Waals surface area contributed by atoms with Crippen LogP contribution >= 0.6 is 0 Å². The van der Waals surface area contributed by atoms with Gasteiger partial charge in [0.1, 0.15) is 6.10 Å². The number of anilines is 1. The highest BCUT2D eigenvalue weighted by molar-refractivity contribution is 5.71. The third-order valence-electron chi connectivity index (χ3n) is 4.78. The van der Waals surface area contributed by atoms with E-state index in [-0.39, 0.29) is 17.1 Å². The average molecular weight is 319 g/mol. The lowest BCUT2D eigenvalue weighted by molar-refractivity contribution is -0.0257. The van der Waals surface area contributed by atoms with E-state index in [9.17, 15) is 20.1 Å². The third kappa shape index (κ3) is 1.94. The lowest BCUT2D eigenvalue weighted by atomic mass is 9.85. The van der Waals surface area contributed by atoms with Crippen molar-refractivity contribution in [2.45, 2.75) is 37.2 Å². The summed E-state index contributed by atoms with van der Waals surface area (Å²) in [6.45, 7) is 0. The first kappa shape index (κ1) is 14.4. The lowest BCUT2D eigenvalue weighted by Gasteiger charge is -2.27. The second-order valence-electron chi connectivity index (χ2n) is 6.08. The Morgan fingerprint density at radius 3 is 2.87 bits per heavy atom. The number of aromatic nitrogens is 4. The molecule has 0 amide bonds. The Kier molecular flexibility index (Phi) is 3.05. The molecule has 23 heavy (non-hydrogen) atoms. The highest BCUT2D eigenvalue weighted by Gasteiger charge is 2.50. The van der Waals surface area contributed by atoms with E-state index >= 15 is 0 Å². The van der Waals surface area contributed by atoms with Crippen molar-refractivity contribution in [3.63, 3.8) is 0 Å². The minimum absolute atomic E-state index is 0.0495. The number of nitrogen functional groups attached to an aromatic ring is 1. The molecule has 0 spiro atoms. The number of H-pyrrole nitrogens is 1. The Bertz CT molecular complexity index is 856. The quantitative estimate of drug-likeness (QED) is 0.409. The van der Waals surface area contributed by atoms with Gasteiger partial charge in [-0.25, -0.2) is 4.98 Å². The van der Waals surface area contributed by atoms with Crippen LogP contribution in [0.5, 0.6) is 0 Å². The maximum atomic E-state index is 11.9. The van der Waals surface area contributed by atoms with Gasteiger partial charge in [-0.05, 0) is 18.4 Å². The number of aliphatic hydroxyl groups is 3. The van der Waals surface area contributed by atoms with Gasteiger partial charge in [-0.1, -0.05) is 6.08 Å². The van der Waals surface area contributed by atoms with Crippen LogP contribution in [0, 0.1) is 5.92 Å². The van der Waals surface area contributed by atoms with Crippen LogP contribution in [0.15, 0.2) is 22.8 Å². The molecule has 0 radical (unpaired) electrons. The number of imidazole rings is 1. The second-order valence-corrected chi connectivity index (χ2v) is 6.08. The summed E-state index contributed by atoms with van der Waals surface area (Å²) in [5.74, 6) is -0.577. The first-order valence-corrected chi connectivity index (χ1v) is 7.45. The molecule has 0 aliphatic heterocycles. The molecule has 2 aromatic rings. The molecule has 4 rings (SSSR count). The first-order valence-electron chi connectivity index (χ1n) is 7.45. The molecule has 1 saturated carbocycles. The lowest BCUT2D eigenvalue weighted by Crippen LogP contribution is -2.34. The number of aromatic amines is 1. The molecular weight excluding hydrogens is 302 g/mol. The van der Waals surface area contributed by atoms with Gasteiger partial charge < -0.3 is 25.6 Å². The van der Waals surface area contributed by atoms with Gasteiger partial charge in [0.2, 0.25) is 5.95 Å². The van der Waals surface area contributed by atoms with Crippen molar-refractivity contribution in [2.24, 2.45) is 5.92 Å². The highest BCUT2D eigenvalue weighted by atomic mass is 16.3. The summed E-state index contributed by atoms with van der Waals surface area (Å²) in [5, 5.41) is 31.0. The SMILES string of the molecule is Nc1nc2c(ncn2[C@@H]2C3=CCC[C@@H](O)[C@@H]3[C@@H](O)[C@H]2O)c(=O)[nH]1. The van der Waals surface area contributed by atoms with E-state index < -0.39 is 35.8 Å². The van der Waals surface area contributed by atoms with Gasteiger partial charge in [-0.15, -0.1) is 0 Å². The maximum absolute atomic E-state index is 11.9. The Balaban J connectivity index is 1.90. The standard InChI is InChI=1S/C14H17N5O4/c15-14-17-12-8(13(23)18-14)16-4-19(12)9-5-2-1-3-6(20)7(5)10(21)11(9)22/h2,4,6-7,9-11,20-22H,1,3H2,(H3,15,17,18,23)/t6-,7-,9-,10-,11+/m1/s1. The van der Waals surface area contributed by atoms with Crippen molar-refractivity contribution in [2.75, 3.05) is 5.73 Å². The van der Waals surface area contributed by atoms with Gasteiger partial charge in [-0.2, -0.15) is 4.98 Å². The van der Waals surface area contributed by atoms with Gasteiger partial charge in [-0.3, -0.25) is 9.78 Å². The van der Waals surface area contributed by atoms with E-state index in [4.69, 9.17) is 5.73 Å². The number of hydrogen-bond acceptors (Lipinski definition) is 7. The molecule has 0 unspecified atom stereocenters. The van der Waals surface area contributed by atoms with E-state index in [1.807, 2.05) is 6.08 Å². The molecule has 9 heteroatoms. The fraction of sp³-hybridized carbons (Fsp3) is 0.500. The van der Waals surface area contributed by atoms with E-state index in [0.29, 0.717) is 12.8 Å². The van der Waals surface area contributed by atoms with Gasteiger partial charge in [0.25, 0.3) is 5.56 Å². The molecule has 2 aliphatic rings. The molecule has 0 bridgehead atoms. The molecule has 9 nitrogen and oxygen atoms in total. The Morgan fingerprint density at radius 2 is 2.09 bits per heavy atom. The summed E-state index contributed by atoms with van der Waals surface area (Å²) in [7, 11) is 0. The smallest absolute Gasteiger partial charge is 0.280 e. The molecule has 5 atom stereocenters. The summed E-state index contributed by atoms with van der Waals surface area (Å²) >= 11 is 0. The van der Waals surface area contributed by atoms with Crippen molar-refractivity contribution in [3.05, 3.63) is 28.3 Å². The van der Waals surface area contributed by atoms with E-state index in [0.717, 1.165) is 5.57 Å². The Labute approximate surface area is 130 Å². The average Bonchev–Trinajstić information content (AvgIpc) is 3.01. The zero-order valence-electron chi connectivity index (χ0n) is 12.1. The summed E-state index contributed by atoms with van der Waals surface area (Å²) < 4.78 is 1.54. The van der Waals surface area contributed by atoms with Crippen LogP contribution in [0.3, 0.4) is 0 Å². The minimum atomic E-state index is -1.13. The van der Waals surface area contributed by atoms with Crippen molar-refractivity contribution >= 4 is 17.1 Å². The zero-order chi connectivity index (χ0) is 16.3. The van der Waals surface area contributed by atoms with Crippen LogP contribution in [0.25, 0.3) is 11.2 Å². The normalized spacial score (nSPS) is 33.7. The van der Waals surface area contributed by atoms with Gasteiger partial charge in [0.05, 0.1) is 24.6 Å². The van der Waals surface area contributed by atoms with E-state index in [1.54, 1.807) is 4.57 Å². The number of fused-ring (bicyclic) bond motifs is 2. The first-order chi connectivity index (χ1) is 11.0.